The van der Waals surface area contributed by atoms with Gasteiger partial charge in [-0.05, 0) is 46.5 Å². The second kappa shape index (κ2) is 9.83. The summed E-state index contributed by atoms with van der Waals surface area (Å²) in [6, 6.07) is 0. The molecule has 0 amide bonds. The average molecular weight is 362 g/mol. The fourth-order valence-corrected chi connectivity index (χ4v) is 3.35. The monoisotopic (exact) mass is 362 g/mol. The number of carbonyl (C=O) groups excluding carboxylic acids is 1. The Morgan fingerprint density at radius 1 is 1.32 bits per heavy atom. The van der Waals surface area contributed by atoms with Gasteiger partial charge in [0.25, 0.3) is 0 Å². The van der Waals surface area contributed by atoms with Gasteiger partial charge in [0.1, 0.15) is 5.60 Å². The van der Waals surface area contributed by atoms with Crippen LogP contribution >= 0.6 is 0 Å². The molecule has 0 saturated carbocycles. The first-order valence-corrected chi connectivity index (χ1v) is 9.15. The maximum Gasteiger partial charge on any atom is 0.337 e. The SMILES string of the molecule is CCOC(CC[C@](C)(O)[C@H]1CC[C@@](CC)([C@H](O)C(=O)OC)O1)OCC. The fourth-order valence-electron chi connectivity index (χ4n) is 3.35. The van der Waals surface area contributed by atoms with E-state index in [2.05, 4.69) is 4.74 Å². The van der Waals surface area contributed by atoms with Crippen molar-refractivity contribution in [1.29, 1.82) is 0 Å². The lowest BCUT2D eigenvalue weighted by Gasteiger charge is -2.36. The third-order valence-corrected chi connectivity index (χ3v) is 5.01. The molecule has 1 saturated heterocycles. The van der Waals surface area contributed by atoms with E-state index in [1.165, 1.54) is 7.11 Å². The zero-order valence-electron chi connectivity index (χ0n) is 16.1. The van der Waals surface area contributed by atoms with Crippen LogP contribution in [-0.2, 0) is 23.7 Å². The standard InChI is InChI=1S/C18H34O7/c1-6-18(15(19)16(20)22-5)12-9-13(25-18)17(4,21)11-10-14(23-7-2)24-8-3/h13-15,19,21H,6-12H2,1-5H3/t13-,15-,17+,18+/m1/s1. The Morgan fingerprint density at radius 3 is 2.40 bits per heavy atom. The summed E-state index contributed by atoms with van der Waals surface area (Å²) in [5, 5.41) is 21.2. The van der Waals surface area contributed by atoms with Gasteiger partial charge in [-0.15, -0.1) is 0 Å². The Bertz CT molecular complexity index is 406. The van der Waals surface area contributed by atoms with E-state index in [0.29, 0.717) is 45.3 Å². The zero-order valence-corrected chi connectivity index (χ0v) is 16.1. The topological polar surface area (TPSA) is 94.5 Å². The van der Waals surface area contributed by atoms with Crippen LogP contribution in [0, 0.1) is 0 Å². The minimum absolute atomic E-state index is 0.362. The second-order valence-electron chi connectivity index (χ2n) is 6.73. The van der Waals surface area contributed by atoms with Gasteiger partial charge in [-0.2, -0.15) is 0 Å². The summed E-state index contributed by atoms with van der Waals surface area (Å²) in [6.07, 6.45) is 0.266. The van der Waals surface area contributed by atoms with Crippen molar-refractivity contribution in [1.82, 2.24) is 0 Å². The van der Waals surface area contributed by atoms with E-state index in [4.69, 9.17) is 14.2 Å². The number of rotatable bonds is 11. The molecule has 1 aliphatic rings. The van der Waals surface area contributed by atoms with Crippen molar-refractivity contribution in [2.45, 2.75) is 89.5 Å². The van der Waals surface area contributed by atoms with E-state index in [-0.39, 0.29) is 6.29 Å². The van der Waals surface area contributed by atoms with Crippen molar-refractivity contribution in [3.05, 3.63) is 0 Å². The molecule has 1 rings (SSSR count). The predicted octanol–water partition coefficient (Wildman–Crippen LogP) is 1.78. The zero-order chi connectivity index (χ0) is 19.1. The van der Waals surface area contributed by atoms with Crippen LogP contribution in [0.2, 0.25) is 0 Å². The van der Waals surface area contributed by atoms with Gasteiger partial charge in [0.05, 0.1) is 18.8 Å². The van der Waals surface area contributed by atoms with Gasteiger partial charge >= 0.3 is 5.97 Å². The highest BCUT2D eigenvalue weighted by atomic mass is 16.7. The molecular formula is C18H34O7. The lowest BCUT2D eigenvalue weighted by atomic mass is 9.88. The molecule has 0 radical (unpaired) electrons. The van der Waals surface area contributed by atoms with E-state index in [0.717, 1.165) is 0 Å². The molecule has 0 aliphatic carbocycles. The minimum Gasteiger partial charge on any atom is -0.467 e. The van der Waals surface area contributed by atoms with Crippen LogP contribution in [0.15, 0.2) is 0 Å². The van der Waals surface area contributed by atoms with E-state index in [1.54, 1.807) is 6.92 Å². The molecular weight excluding hydrogens is 328 g/mol. The molecule has 1 fully saturated rings. The number of hydrogen-bond acceptors (Lipinski definition) is 7. The lowest BCUT2D eigenvalue weighted by molar-refractivity contribution is -0.193. The Morgan fingerprint density at radius 2 is 1.92 bits per heavy atom. The highest BCUT2D eigenvalue weighted by Gasteiger charge is 2.52. The van der Waals surface area contributed by atoms with Crippen LogP contribution < -0.4 is 0 Å². The molecule has 1 aliphatic heterocycles. The molecule has 0 bridgehead atoms. The van der Waals surface area contributed by atoms with Crippen molar-refractivity contribution in [3.8, 4) is 0 Å². The molecule has 7 heteroatoms. The van der Waals surface area contributed by atoms with Gasteiger partial charge in [0, 0.05) is 19.6 Å². The van der Waals surface area contributed by atoms with E-state index >= 15 is 0 Å². The number of methoxy groups -OCH3 is 1. The summed E-state index contributed by atoms with van der Waals surface area (Å²) < 4.78 is 21.7. The third kappa shape index (κ3) is 5.62. The molecule has 0 aromatic carbocycles. The fraction of sp³-hybridized carbons (Fsp3) is 0.944. The second-order valence-corrected chi connectivity index (χ2v) is 6.73. The average Bonchev–Trinajstić information content (AvgIpc) is 3.05. The van der Waals surface area contributed by atoms with Crippen LogP contribution in [-0.4, -0.2) is 66.2 Å². The first-order valence-electron chi connectivity index (χ1n) is 9.15. The van der Waals surface area contributed by atoms with Gasteiger partial charge in [0.2, 0.25) is 0 Å². The Kier molecular flexibility index (Phi) is 8.77. The van der Waals surface area contributed by atoms with Crippen molar-refractivity contribution in [3.63, 3.8) is 0 Å². The van der Waals surface area contributed by atoms with Crippen molar-refractivity contribution < 1.29 is 34.0 Å². The maximum absolute atomic E-state index is 11.7. The highest BCUT2D eigenvalue weighted by Crippen LogP contribution is 2.41. The van der Waals surface area contributed by atoms with Gasteiger partial charge in [-0.25, -0.2) is 4.79 Å². The summed E-state index contributed by atoms with van der Waals surface area (Å²) in [6.45, 7) is 8.43. The maximum atomic E-state index is 11.7. The number of aliphatic hydroxyl groups is 2. The van der Waals surface area contributed by atoms with Crippen LogP contribution in [0.4, 0.5) is 0 Å². The van der Waals surface area contributed by atoms with E-state index in [1.807, 2.05) is 20.8 Å². The highest BCUT2D eigenvalue weighted by molar-refractivity contribution is 5.75. The summed E-state index contributed by atoms with van der Waals surface area (Å²) in [5.41, 5.74) is -2.12. The van der Waals surface area contributed by atoms with Crippen LogP contribution in [0.25, 0.3) is 0 Å². The molecule has 0 unspecified atom stereocenters. The lowest BCUT2D eigenvalue weighted by Crippen LogP contribution is -2.50. The molecule has 2 N–H and O–H groups in total. The molecule has 148 valence electrons. The molecule has 7 nitrogen and oxygen atoms in total. The smallest absolute Gasteiger partial charge is 0.337 e. The van der Waals surface area contributed by atoms with Crippen molar-refractivity contribution in [2.75, 3.05) is 20.3 Å². The largest absolute Gasteiger partial charge is 0.467 e. The van der Waals surface area contributed by atoms with Crippen LogP contribution in [0.3, 0.4) is 0 Å². The molecule has 4 atom stereocenters. The van der Waals surface area contributed by atoms with Gasteiger partial charge in [-0.1, -0.05) is 6.92 Å². The first-order chi connectivity index (χ1) is 11.8. The van der Waals surface area contributed by atoms with Crippen LogP contribution in [0.5, 0.6) is 0 Å². The first kappa shape index (κ1) is 22.3. The Hall–Kier alpha value is -0.730. The summed E-state index contributed by atoms with van der Waals surface area (Å²) in [5.74, 6) is -0.713. The number of hydrogen-bond donors (Lipinski definition) is 2. The van der Waals surface area contributed by atoms with Crippen molar-refractivity contribution >= 4 is 5.97 Å². The van der Waals surface area contributed by atoms with E-state index in [9.17, 15) is 15.0 Å². The number of aliphatic hydroxyl groups excluding tert-OH is 1. The third-order valence-electron chi connectivity index (χ3n) is 5.01. The molecule has 0 aromatic heterocycles. The quantitative estimate of drug-likeness (QED) is 0.427. The summed E-state index contributed by atoms with van der Waals surface area (Å²) in [7, 11) is 1.24. The molecule has 0 aromatic rings. The summed E-state index contributed by atoms with van der Waals surface area (Å²) in [4.78, 5) is 11.7. The number of esters is 1. The molecule has 25 heavy (non-hydrogen) atoms. The van der Waals surface area contributed by atoms with Gasteiger partial charge in [0.15, 0.2) is 12.4 Å². The van der Waals surface area contributed by atoms with E-state index < -0.39 is 29.4 Å². The number of carbonyl (C=O) groups is 1. The summed E-state index contributed by atoms with van der Waals surface area (Å²) >= 11 is 0. The Labute approximate surface area is 150 Å². The minimum atomic E-state index is -1.36. The van der Waals surface area contributed by atoms with Gasteiger partial charge in [-0.3, -0.25) is 0 Å². The Balaban J connectivity index is 2.72. The van der Waals surface area contributed by atoms with Gasteiger partial charge < -0.3 is 29.2 Å². The molecule has 1 heterocycles. The number of ether oxygens (including phenoxy) is 4. The predicted molar refractivity (Wildman–Crippen MR) is 92.0 cm³/mol. The normalized spacial score (nSPS) is 27.3. The van der Waals surface area contributed by atoms with Crippen molar-refractivity contribution in [2.24, 2.45) is 0 Å². The molecule has 0 spiro atoms. The van der Waals surface area contributed by atoms with Crippen LogP contribution in [0.1, 0.15) is 59.8 Å².